The summed E-state index contributed by atoms with van der Waals surface area (Å²) >= 11 is 3.05. The minimum absolute atomic E-state index is 0.0381. The van der Waals surface area contributed by atoms with E-state index in [-0.39, 0.29) is 41.0 Å². The molecule has 1 saturated carbocycles. The first-order valence-corrected chi connectivity index (χ1v) is 21.0. The zero-order valence-electron chi connectivity index (χ0n) is 36.0. The van der Waals surface area contributed by atoms with E-state index < -0.39 is 6.04 Å². The molecule has 4 rings (SSSR count). The maximum Gasteiger partial charge on any atom is 0.252 e. The minimum Gasteiger partial charge on any atom is -0.495 e. The molecule has 6 N–H and O–H groups in total. The molecule has 314 valence electrons. The highest BCUT2D eigenvalue weighted by atomic mass is 32.2. The number of nitrogens with zero attached hydrogens (tertiary/aromatic N) is 2. The van der Waals surface area contributed by atoms with Crippen LogP contribution >= 0.6 is 23.3 Å². The number of aryl methyl sites for hydroxylation is 1. The SMILES string of the molecule is C#C.C#C.C=C(N)CC(C)(C)C.C=C(O)Nc1cc(C)ccc1-c1nccs1.C=CC(C)[C@H](C)C(NC(=O)[C@@H]1CCCN1C(=C)CC(C)(C)C)C(=O)NSC1CC1. The van der Waals surface area contributed by atoms with Gasteiger partial charge < -0.3 is 26.4 Å². The van der Waals surface area contributed by atoms with Crippen LogP contribution in [0, 0.1) is 55.3 Å². The highest BCUT2D eigenvalue weighted by Gasteiger charge is 2.37. The Bertz CT molecular complexity index is 1620. The summed E-state index contributed by atoms with van der Waals surface area (Å²) < 4.78 is 2.96. The third kappa shape index (κ3) is 21.0. The predicted octanol–water partition coefficient (Wildman–Crippen LogP) is 10.2. The van der Waals surface area contributed by atoms with Crippen LogP contribution in [0.5, 0.6) is 0 Å². The molecule has 0 bridgehead atoms. The highest BCUT2D eigenvalue weighted by Crippen LogP contribution is 2.33. The van der Waals surface area contributed by atoms with Crippen molar-refractivity contribution in [1.29, 1.82) is 0 Å². The fourth-order valence-corrected chi connectivity index (χ4v) is 7.33. The van der Waals surface area contributed by atoms with Crippen molar-refractivity contribution in [2.24, 2.45) is 28.4 Å². The summed E-state index contributed by atoms with van der Waals surface area (Å²) in [6.07, 6.45) is 25.4. The Balaban J connectivity index is 0.000000933. The number of aromatic nitrogens is 1. The van der Waals surface area contributed by atoms with E-state index in [2.05, 4.69) is 119 Å². The van der Waals surface area contributed by atoms with Gasteiger partial charge in [-0.3, -0.25) is 14.3 Å². The van der Waals surface area contributed by atoms with Gasteiger partial charge >= 0.3 is 0 Å². The van der Waals surface area contributed by atoms with Crippen molar-refractivity contribution in [3.63, 3.8) is 0 Å². The molecule has 9 nitrogen and oxygen atoms in total. The Morgan fingerprint density at radius 2 is 1.65 bits per heavy atom. The monoisotopic (exact) mass is 818 g/mol. The zero-order chi connectivity index (χ0) is 44.1. The van der Waals surface area contributed by atoms with Crippen LogP contribution in [0.15, 0.2) is 79.4 Å². The number of nitrogens with two attached hydrogens (primary N) is 1. The molecule has 2 heterocycles. The van der Waals surface area contributed by atoms with Crippen molar-refractivity contribution in [1.82, 2.24) is 19.9 Å². The molecule has 0 radical (unpaired) electrons. The summed E-state index contributed by atoms with van der Waals surface area (Å²) in [5.41, 5.74) is 10.5. The standard InChI is InChI=1S/C23H39N3O2S.C12H12N2OS.C7H15N.2C2H2/c1-8-15(2)17(4)20(22(28)25-29-18-11-12-18)24-21(27)19-10-9-13-26(19)16(3)14-23(5,6)7;1-8-3-4-10(12-13-5-6-16-12)11(7-8)14-9(2)15;1-6(8)5-7(2,3)4;2*1-2/h8,15,17-20H,1,3,9-14H2,2,4-7H3,(H,24,27)(H,25,28);3-7,14-15H,2H2,1H3;1,5,8H2,2-4H3;2*1-2H/t15?,17-,19-,20?;;;;/m0..../s1. The normalized spacial score (nSPS) is 15.9. The molecule has 1 aromatic heterocycles. The van der Waals surface area contributed by atoms with Gasteiger partial charge in [0.1, 0.15) is 17.1 Å². The van der Waals surface area contributed by atoms with Gasteiger partial charge in [0.25, 0.3) is 5.91 Å². The van der Waals surface area contributed by atoms with Gasteiger partial charge in [0.15, 0.2) is 5.88 Å². The van der Waals surface area contributed by atoms with Gasteiger partial charge in [-0.25, -0.2) is 4.98 Å². The molecule has 1 saturated heterocycles. The van der Waals surface area contributed by atoms with E-state index in [0.29, 0.717) is 10.7 Å². The molecule has 4 atom stereocenters. The number of terminal acetylenes is 2. The van der Waals surface area contributed by atoms with Gasteiger partial charge in [-0.05, 0) is 104 Å². The Hall–Kier alpha value is -4.58. The average Bonchev–Trinajstić information content (AvgIpc) is 3.54. The van der Waals surface area contributed by atoms with E-state index in [4.69, 9.17) is 5.73 Å². The Labute approximate surface area is 353 Å². The van der Waals surface area contributed by atoms with Crippen molar-refractivity contribution in [3.05, 3.63) is 85.0 Å². The molecule has 11 heteroatoms. The van der Waals surface area contributed by atoms with Gasteiger partial charge in [-0.15, -0.1) is 43.6 Å². The van der Waals surface area contributed by atoms with Gasteiger partial charge in [-0.1, -0.05) is 80.7 Å². The molecule has 0 spiro atoms. The van der Waals surface area contributed by atoms with E-state index in [9.17, 15) is 14.7 Å². The van der Waals surface area contributed by atoms with Gasteiger partial charge in [0, 0.05) is 40.3 Å². The van der Waals surface area contributed by atoms with E-state index in [1.807, 2.05) is 50.4 Å². The second-order valence-electron chi connectivity index (χ2n) is 16.7. The number of rotatable bonds is 14. The lowest BCUT2D eigenvalue weighted by Gasteiger charge is -2.33. The van der Waals surface area contributed by atoms with Crippen LogP contribution in [0.1, 0.15) is 99.5 Å². The summed E-state index contributed by atoms with van der Waals surface area (Å²) in [4.78, 5) is 32.5. The van der Waals surface area contributed by atoms with Crippen LogP contribution in [0.4, 0.5) is 5.69 Å². The molecule has 1 aliphatic heterocycles. The number of aliphatic hydroxyl groups excluding tert-OH is 1. The Morgan fingerprint density at radius 3 is 2.11 bits per heavy atom. The largest absolute Gasteiger partial charge is 0.495 e. The van der Waals surface area contributed by atoms with E-state index >= 15 is 0 Å². The van der Waals surface area contributed by atoms with Crippen LogP contribution in [0.2, 0.25) is 0 Å². The van der Waals surface area contributed by atoms with Gasteiger partial charge in [0.05, 0.1) is 5.69 Å². The maximum absolute atomic E-state index is 13.2. The maximum atomic E-state index is 13.2. The van der Waals surface area contributed by atoms with Gasteiger partial charge in [-0.2, -0.15) is 0 Å². The zero-order valence-corrected chi connectivity index (χ0v) is 37.6. The Kier molecular flexibility index (Phi) is 23.6. The lowest BCUT2D eigenvalue weighted by atomic mass is 9.88. The van der Waals surface area contributed by atoms with Crippen LogP contribution < -0.4 is 21.1 Å². The molecule has 2 amide bonds. The van der Waals surface area contributed by atoms with Crippen molar-refractivity contribution in [2.75, 3.05) is 11.9 Å². The molecular weight excluding hydrogens is 749 g/mol. The number of carbonyl (C=O) groups is 2. The number of anilines is 1. The van der Waals surface area contributed by atoms with Crippen molar-refractivity contribution in [2.45, 2.75) is 118 Å². The number of amides is 2. The third-order valence-corrected chi connectivity index (χ3v) is 10.7. The second-order valence-corrected chi connectivity index (χ2v) is 18.7. The molecule has 2 fully saturated rings. The second kappa shape index (κ2) is 25.6. The first-order valence-electron chi connectivity index (χ1n) is 19.2. The van der Waals surface area contributed by atoms with Crippen molar-refractivity contribution >= 4 is 40.8 Å². The van der Waals surface area contributed by atoms with E-state index in [0.717, 1.165) is 78.3 Å². The summed E-state index contributed by atoms with van der Waals surface area (Å²) in [5.74, 6) is -0.174. The summed E-state index contributed by atoms with van der Waals surface area (Å²) in [5, 5.41) is 18.5. The molecule has 57 heavy (non-hydrogen) atoms. The van der Waals surface area contributed by atoms with Crippen LogP contribution in [0.25, 0.3) is 10.6 Å². The van der Waals surface area contributed by atoms with E-state index in [1.54, 1.807) is 17.5 Å². The fraction of sp³-hybridized carbons (Fsp3) is 0.500. The third-order valence-electron chi connectivity index (χ3n) is 8.73. The smallest absolute Gasteiger partial charge is 0.252 e. The quantitative estimate of drug-likeness (QED) is 0.0551. The molecular formula is C46H70N6O3S2. The van der Waals surface area contributed by atoms with Crippen molar-refractivity contribution in [3.8, 4) is 36.3 Å². The molecule has 2 aromatic rings. The number of carbonyl (C=O) groups excluding carboxylic acids is 2. The molecule has 1 aliphatic carbocycles. The Morgan fingerprint density at radius 1 is 1.05 bits per heavy atom. The molecule has 2 unspecified atom stereocenters. The van der Waals surface area contributed by atoms with Gasteiger partial charge in [0.2, 0.25) is 5.91 Å². The first-order chi connectivity index (χ1) is 26.6. The molecule has 2 aliphatic rings. The number of aliphatic hydroxyl groups is 1. The summed E-state index contributed by atoms with van der Waals surface area (Å²) in [7, 11) is 0. The number of likely N-dealkylation sites (tertiary alicyclic amines) is 1. The number of benzene rings is 1. The number of nitrogens with one attached hydrogen (secondary N) is 3. The molecule has 1 aromatic carbocycles. The lowest BCUT2D eigenvalue weighted by Crippen LogP contribution is -2.54. The van der Waals surface area contributed by atoms with E-state index in [1.165, 1.54) is 11.9 Å². The topological polar surface area (TPSA) is 133 Å². The summed E-state index contributed by atoms with van der Waals surface area (Å²) in [6, 6.07) is 5.14. The number of hydrogen-bond acceptors (Lipinski definition) is 9. The fourth-order valence-electron chi connectivity index (χ4n) is 5.87. The predicted molar refractivity (Wildman–Crippen MR) is 247 cm³/mol. The minimum atomic E-state index is -0.569. The van der Waals surface area contributed by atoms with Crippen molar-refractivity contribution < 1.29 is 14.7 Å². The lowest BCUT2D eigenvalue weighted by molar-refractivity contribution is -0.131. The first kappa shape index (κ1) is 52.4. The number of thiazole rings is 1. The van der Waals surface area contributed by atoms with Crippen LogP contribution in [0.3, 0.4) is 0 Å². The van der Waals surface area contributed by atoms with Crippen LogP contribution in [-0.2, 0) is 9.59 Å². The van der Waals surface area contributed by atoms with Crippen LogP contribution in [-0.4, -0.2) is 50.7 Å². The summed E-state index contributed by atoms with van der Waals surface area (Å²) in [6.45, 7) is 35.0. The average molecular weight is 819 g/mol. The number of allylic oxidation sites excluding steroid dienone is 3. The number of hydrogen-bond donors (Lipinski definition) is 5. The highest BCUT2D eigenvalue weighted by molar-refractivity contribution is 7.98.